The number of sulfonamides is 1. The molecule has 0 aromatic heterocycles. The quantitative estimate of drug-likeness (QED) is 0.554. The Morgan fingerprint density at radius 1 is 1.00 bits per heavy atom. The summed E-state index contributed by atoms with van der Waals surface area (Å²) in [5, 5.41) is 2.82. The summed E-state index contributed by atoms with van der Waals surface area (Å²) in [4.78, 5) is 13.2. The molecule has 0 radical (unpaired) electrons. The lowest BCUT2D eigenvalue weighted by atomic mass is 10.1. The standard InChI is InChI=1S/C26H28N2O5S/c1-17(2)32-21-10-8-20(9-11-21)27-26(29)25-16-28(23-14-7-19(4)15-24(23)33-25)34(30,31)22-12-5-18(3)6-13-22/h5-15,17,25H,16H2,1-4H3,(H,27,29). The fourth-order valence-electron chi connectivity index (χ4n) is 3.67. The molecule has 1 amide bonds. The van der Waals surface area contributed by atoms with E-state index in [0.29, 0.717) is 22.9 Å². The molecule has 1 heterocycles. The molecule has 1 N–H and O–H groups in total. The first kappa shape index (κ1) is 23.6. The van der Waals surface area contributed by atoms with Crippen molar-refractivity contribution in [3.8, 4) is 11.5 Å². The molecule has 3 aromatic carbocycles. The van der Waals surface area contributed by atoms with E-state index in [1.807, 2.05) is 33.8 Å². The smallest absolute Gasteiger partial charge is 0.267 e. The Hall–Kier alpha value is -3.52. The van der Waals surface area contributed by atoms with E-state index in [-0.39, 0.29) is 17.5 Å². The zero-order chi connectivity index (χ0) is 24.5. The van der Waals surface area contributed by atoms with Gasteiger partial charge in [-0.2, -0.15) is 0 Å². The van der Waals surface area contributed by atoms with Gasteiger partial charge >= 0.3 is 0 Å². The number of rotatable bonds is 6. The van der Waals surface area contributed by atoms with E-state index in [1.54, 1.807) is 60.7 Å². The normalized spacial score (nSPS) is 15.4. The lowest BCUT2D eigenvalue weighted by molar-refractivity contribution is -0.122. The molecular formula is C26H28N2O5S. The molecule has 0 fully saturated rings. The van der Waals surface area contributed by atoms with Gasteiger partial charge in [-0.05, 0) is 81.8 Å². The molecule has 1 atom stereocenters. The number of ether oxygens (including phenoxy) is 2. The van der Waals surface area contributed by atoms with Crippen molar-refractivity contribution in [2.45, 2.75) is 44.8 Å². The second-order valence-corrected chi connectivity index (χ2v) is 10.5. The van der Waals surface area contributed by atoms with E-state index in [4.69, 9.17) is 9.47 Å². The minimum Gasteiger partial charge on any atom is -0.491 e. The van der Waals surface area contributed by atoms with Gasteiger partial charge in [-0.3, -0.25) is 9.10 Å². The highest BCUT2D eigenvalue weighted by Gasteiger charge is 2.37. The van der Waals surface area contributed by atoms with Crippen molar-refractivity contribution in [1.82, 2.24) is 0 Å². The summed E-state index contributed by atoms with van der Waals surface area (Å²) in [5.74, 6) is 0.609. The number of hydrogen-bond acceptors (Lipinski definition) is 5. The van der Waals surface area contributed by atoms with Gasteiger partial charge in [-0.25, -0.2) is 8.42 Å². The summed E-state index contributed by atoms with van der Waals surface area (Å²) in [6.07, 6.45) is -0.984. The SMILES string of the molecule is Cc1ccc(S(=O)(=O)N2CC(C(=O)Nc3ccc(OC(C)C)cc3)Oc3cc(C)ccc32)cc1. The van der Waals surface area contributed by atoms with Gasteiger partial charge in [-0.15, -0.1) is 0 Å². The predicted molar refractivity (Wildman–Crippen MR) is 132 cm³/mol. The molecule has 7 nitrogen and oxygen atoms in total. The average Bonchev–Trinajstić information content (AvgIpc) is 2.79. The summed E-state index contributed by atoms with van der Waals surface area (Å²) in [7, 11) is -3.90. The molecule has 34 heavy (non-hydrogen) atoms. The number of nitrogens with one attached hydrogen (secondary N) is 1. The summed E-state index contributed by atoms with van der Waals surface area (Å²) in [5.41, 5.74) is 2.82. The van der Waals surface area contributed by atoms with E-state index >= 15 is 0 Å². The third kappa shape index (κ3) is 5.02. The van der Waals surface area contributed by atoms with Gasteiger partial charge < -0.3 is 14.8 Å². The molecule has 1 aliphatic heterocycles. The first-order valence-corrected chi connectivity index (χ1v) is 12.5. The molecule has 0 spiro atoms. The first-order valence-electron chi connectivity index (χ1n) is 11.1. The number of anilines is 2. The van der Waals surface area contributed by atoms with Crippen LogP contribution < -0.4 is 19.1 Å². The van der Waals surface area contributed by atoms with Crippen LogP contribution in [-0.2, 0) is 14.8 Å². The van der Waals surface area contributed by atoms with Crippen LogP contribution in [0.15, 0.2) is 71.6 Å². The molecule has 1 aliphatic rings. The summed E-state index contributed by atoms with van der Waals surface area (Å²) >= 11 is 0. The van der Waals surface area contributed by atoms with Crippen molar-refractivity contribution in [3.63, 3.8) is 0 Å². The van der Waals surface area contributed by atoms with Gasteiger partial charge in [0.05, 0.1) is 23.2 Å². The first-order chi connectivity index (χ1) is 16.1. The molecule has 3 aromatic rings. The van der Waals surface area contributed by atoms with Crippen molar-refractivity contribution in [1.29, 1.82) is 0 Å². The largest absolute Gasteiger partial charge is 0.491 e. The van der Waals surface area contributed by atoms with Gasteiger partial charge in [0, 0.05) is 5.69 Å². The maximum Gasteiger partial charge on any atom is 0.267 e. The van der Waals surface area contributed by atoms with Crippen LogP contribution in [0.4, 0.5) is 11.4 Å². The number of aryl methyl sites for hydroxylation is 2. The number of amides is 1. The third-order valence-corrected chi connectivity index (χ3v) is 7.17. The highest BCUT2D eigenvalue weighted by molar-refractivity contribution is 7.92. The number of carbonyl (C=O) groups excluding carboxylic acids is 1. The Labute approximate surface area is 200 Å². The molecule has 0 aliphatic carbocycles. The van der Waals surface area contributed by atoms with Crippen molar-refractivity contribution >= 4 is 27.3 Å². The second-order valence-electron chi connectivity index (χ2n) is 8.61. The zero-order valence-corrected chi connectivity index (χ0v) is 20.4. The topological polar surface area (TPSA) is 84.9 Å². The Bertz CT molecular complexity index is 1290. The summed E-state index contributed by atoms with van der Waals surface area (Å²) < 4.78 is 39.9. The minimum atomic E-state index is -3.90. The molecule has 0 saturated heterocycles. The van der Waals surface area contributed by atoms with Crippen LogP contribution in [0.1, 0.15) is 25.0 Å². The third-order valence-electron chi connectivity index (χ3n) is 5.38. The second kappa shape index (κ2) is 9.38. The van der Waals surface area contributed by atoms with Gasteiger partial charge in [0.15, 0.2) is 6.10 Å². The van der Waals surface area contributed by atoms with Crippen LogP contribution in [0.3, 0.4) is 0 Å². The molecule has 4 rings (SSSR count). The number of carbonyl (C=O) groups is 1. The van der Waals surface area contributed by atoms with Crippen molar-refractivity contribution < 1.29 is 22.7 Å². The van der Waals surface area contributed by atoms with Crippen LogP contribution >= 0.6 is 0 Å². The monoisotopic (exact) mass is 480 g/mol. The van der Waals surface area contributed by atoms with Crippen LogP contribution in [-0.4, -0.2) is 33.1 Å². The fourth-order valence-corrected chi connectivity index (χ4v) is 5.15. The van der Waals surface area contributed by atoms with Crippen LogP contribution in [0, 0.1) is 13.8 Å². The molecule has 0 bridgehead atoms. The summed E-state index contributed by atoms with van der Waals surface area (Å²) in [6.45, 7) is 7.50. The molecule has 1 unspecified atom stereocenters. The molecule has 8 heteroatoms. The maximum absolute atomic E-state index is 13.5. The lowest BCUT2D eigenvalue weighted by Crippen LogP contribution is -2.48. The van der Waals surface area contributed by atoms with Crippen molar-refractivity contribution in [3.05, 3.63) is 77.9 Å². The van der Waals surface area contributed by atoms with Crippen LogP contribution in [0.25, 0.3) is 0 Å². The van der Waals surface area contributed by atoms with Gasteiger partial charge in [0.1, 0.15) is 11.5 Å². The maximum atomic E-state index is 13.5. The van der Waals surface area contributed by atoms with Gasteiger partial charge in [-0.1, -0.05) is 23.8 Å². The highest BCUT2D eigenvalue weighted by atomic mass is 32.2. The van der Waals surface area contributed by atoms with Crippen LogP contribution in [0.5, 0.6) is 11.5 Å². The van der Waals surface area contributed by atoms with E-state index in [0.717, 1.165) is 11.1 Å². The van der Waals surface area contributed by atoms with Crippen molar-refractivity contribution in [2.75, 3.05) is 16.2 Å². The highest BCUT2D eigenvalue weighted by Crippen LogP contribution is 2.38. The number of hydrogen-bond donors (Lipinski definition) is 1. The minimum absolute atomic E-state index is 0.0427. The predicted octanol–water partition coefficient (Wildman–Crippen LogP) is 4.69. The fraction of sp³-hybridized carbons (Fsp3) is 0.269. The van der Waals surface area contributed by atoms with Gasteiger partial charge in [0.2, 0.25) is 0 Å². The summed E-state index contributed by atoms with van der Waals surface area (Å²) in [6, 6.07) is 18.9. The number of nitrogens with zero attached hydrogens (tertiary/aromatic N) is 1. The Kier molecular flexibility index (Phi) is 6.52. The Balaban J connectivity index is 1.61. The van der Waals surface area contributed by atoms with E-state index in [1.165, 1.54) is 4.31 Å². The van der Waals surface area contributed by atoms with Gasteiger partial charge in [0.25, 0.3) is 15.9 Å². The van der Waals surface area contributed by atoms with Crippen molar-refractivity contribution in [2.24, 2.45) is 0 Å². The zero-order valence-electron chi connectivity index (χ0n) is 19.6. The molecular weight excluding hydrogens is 452 g/mol. The van der Waals surface area contributed by atoms with E-state index in [9.17, 15) is 13.2 Å². The lowest BCUT2D eigenvalue weighted by Gasteiger charge is -2.35. The number of fused-ring (bicyclic) bond motifs is 1. The van der Waals surface area contributed by atoms with E-state index < -0.39 is 22.0 Å². The van der Waals surface area contributed by atoms with E-state index in [2.05, 4.69) is 5.32 Å². The molecule has 0 saturated carbocycles. The molecule has 178 valence electrons. The Morgan fingerprint density at radius 3 is 2.29 bits per heavy atom. The average molecular weight is 481 g/mol. The Morgan fingerprint density at radius 2 is 1.65 bits per heavy atom. The van der Waals surface area contributed by atoms with Crippen LogP contribution in [0.2, 0.25) is 0 Å². The number of benzene rings is 3.